The minimum Gasteiger partial charge on any atom is -0.150 e. The smallest absolute Gasteiger partial charge is 0.150 e. The maximum absolute atomic E-state index is 6.58. The zero-order chi connectivity index (χ0) is 13.6. The van der Waals surface area contributed by atoms with E-state index in [4.69, 9.17) is 66.5 Å². The minimum absolute atomic E-state index is 0.296. The molecular weight excluding hydrogens is 405 g/mol. The van der Waals surface area contributed by atoms with Crippen LogP contribution in [-0.4, -0.2) is 20.8 Å². The van der Waals surface area contributed by atoms with E-state index in [0.29, 0.717) is 0 Å². The number of rotatable bonds is 2. The molecule has 2 rings (SSSR count). The van der Waals surface area contributed by atoms with Crippen molar-refractivity contribution < 1.29 is 0 Å². The van der Waals surface area contributed by atoms with Gasteiger partial charge in [0.2, 0.25) is 7.42 Å². The molecule has 0 nitrogen and oxygen atoms in total. The average Bonchev–Trinajstić information content (AvgIpc) is 2.45. The van der Waals surface area contributed by atoms with E-state index in [9.17, 15) is 0 Å². The molecule has 0 radical (unpaired) electrons. The normalized spacial score (nSPS) is 25.3. The van der Waals surface area contributed by atoms with Crippen LogP contribution in [0.15, 0.2) is 36.0 Å². The largest absolute Gasteiger partial charge is 0.283 e. The molecular formula is C9H8Cl6Si3. The van der Waals surface area contributed by atoms with Gasteiger partial charge in [-0.3, -0.25) is 0 Å². The second-order valence-corrected chi connectivity index (χ2v) is 23.9. The molecule has 0 saturated heterocycles. The Kier molecular flexibility index (Phi) is 4.91. The Morgan fingerprint density at radius 2 is 1.50 bits per heavy atom. The predicted molar refractivity (Wildman–Crippen MR) is 91.9 cm³/mol. The van der Waals surface area contributed by atoms with Gasteiger partial charge in [0, 0.05) is 4.79 Å². The van der Waals surface area contributed by atoms with E-state index in [2.05, 4.69) is 0 Å². The van der Waals surface area contributed by atoms with E-state index in [1.165, 1.54) is 0 Å². The van der Waals surface area contributed by atoms with E-state index in [1.807, 2.05) is 36.0 Å². The van der Waals surface area contributed by atoms with E-state index in [1.54, 1.807) is 0 Å². The standard InChI is InChI=1S/C9H8Cl6Si3/c10-16(11)9-17(12,13)6-8(18(9,14)15)7-4-2-1-3-5-7/h1-6,9,16H. The van der Waals surface area contributed by atoms with Crippen molar-refractivity contribution in [1.82, 2.24) is 0 Å². The van der Waals surface area contributed by atoms with Crippen LogP contribution in [0, 0.1) is 0 Å². The molecule has 98 valence electrons. The lowest BCUT2D eigenvalue weighted by Crippen LogP contribution is -2.41. The molecule has 18 heavy (non-hydrogen) atoms. The predicted octanol–water partition coefficient (Wildman–Crippen LogP) is 5.15. The number of hydrogen-bond acceptors (Lipinski definition) is 0. The van der Waals surface area contributed by atoms with Crippen molar-refractivity contribution in [2.24, 2.45) is 0 Å². The number of hydrogen-bond donors (Lipinski definition) is 0. The quantitative estimate of drug-likeness (QED) is 0.465. The molecule has 1 aromatic rings. The second kappa shape index (κ2) is 5.62. The van der Waals surface area contributed by atoms with E-state index in [-0.39, 0.29) is 4.79 Å². The Balaban J connectivity index is 2.50. The fourth-order valence-electron chi connectivity index (χ4n) is 2.01. The summed E-state index contributed by atoms with van der Waals surface area (Å²) in [5.74, 6) is 0. The van der Waals surface area contributed by atoms with Gasteiger partial charge in [-0.05, 0) is 10.8 Å². The molecule has 1 aliphatic rings. The minimum atomic E-state index is -2.84. The van der Waals surface area contributed by atoms with Crippen LogP contribution in [0.4, 0.5) is 0 Å². The Morgan fingerprint density at radius 3 is 1.94 bits per heavy atom. The van der Waals surface area contributed by atoms with Crippen LogP contribution in [0.1, 0.15) is 5.56 Å². The highest BCUT2D eigenvalue weighted by atomic mass is 35.7. The number of halogens is 6. The third-order valence-electron chi connectivity index (χ3n) is 2.84. The molecule has 1 unspecified atom stereocenters. The van der Waals surface area contributed by atoms with Crippen LogP contribution in [0.25, 0.3) is 5.20 Å². The average molecular weight is 413 g/mol. The molecule has 0 aliphatic carbocycles. The van der Waals surface area contributed by atoms with Crippen molar-refractivity contribution in [2.75, 3.05) is 0 Å². The molecule has 0 saturated carbocycles. The number of benzene rings is 1. The maximum atomic E-state index is 6.58. The van der Waals surface area contributed by atoms with Gasteiger partial charge in [-0.1, -0.05) is 36.0 Å². The van der Waals surface area contributed by atoms with Gasteiger partial charge < -0.3 is 0 Å². The van der Waals surface area contributed by atoms with Crippen molar-refractivity contribution >= 4 is 92.5 Å². The first-order chi connectivity index (χ1) is 8.27. The summed E-state index contributed by atoms with van der Waals surface area (Å²) in [6, 6.07) is 9.65. The lowest BCUT2D eigenvalue weighted by atomic mass is 10.2. The first-order valence-corrected chi connectivity index (χ1v) is 17.5. The summed E-state index contributed by atoms with van der Waals surface area (Å²) in [7, 11) is -2.15. The van der Waals surface area contributed by atoms with Gasteiger partial charge in [-0.2, -0.15) is 22.2 Å². The highest BCUT2D eigenvalue weighted by Crippen LogP contribution is 2.57. The molecule has 0 N–H and O–H groups in total. The molecule has 1 atom stereocenters. The molecule has 0 amide bonds. The van der Waals surface area contributed by atoms with Gasteiger partial charge in [0.05, 0.1) is 0 Å². The first kappa shape index (κ1) is 15.7. The highest BCUT2D eigenvalue weighted by Gasteiger charge is 2.62. The van der Waals surface area contributed by atoms with Crippen LogP contribution in [0.5, 0.6) is 0 Å². The second-order valence-electron chi connectivity index (χ2n) is 4.03. The van der Waals surface area contributed by atoms with Crippen molar-refractivity contribution in [3.63, 3.8) is 0 Å². The van der Waals surface area contributed by atoms with E-state index < -0.39 is 20.8 Å². The summed E-state index contributed by atoms with van der Waals surface area (Å²) >= 11 is 38.2. The Bertz CT molecular complexity index is 472. The topological polar surface area (TPSA) is 0 Å². The summed E-state index contributed by atoms with van der Waals surface area (Å²) in [6.07, 6.45) is 0. The first-order valence-electron chi connectivity index (χ1n) is 5.09. The molecule has 0 bridgehead atoms. The van der Waals surface area contributed by atoms with E-state index in [0.717, 1.165) is 10.8 Å². The molecule has 1 heterocycles. The van der Waals surface area contributed by atoms with Gasteiger partial charge in [0.1, 0.15) is 0 Å². The molecule has 9 heteroatoms. The Labute approximate surface area is 138 Å². The van der Waals surface area contributed by atoms with Gasteiger partial charge in [0.25, 0.3) is 13.4 Å². The molecule has 0 fully saturated rings. The zero-order valence-electron chi connectivity index (χ0n) is 8.89. The van der Waals surface area contributed by atoms with Crippen LogP contribution in [-0.2, 0) is 0 Å². The summed E-state index contributed by atoms with van der Waals surface area (Å²) in [6.45, 7) is -5.57. The van der Waals surface area contributed by atoms with Gasteiger partial charge in [-0.15, -0.1) is 44.3 Å². The molecule has 1 aliphatic heterocycles. The third-order valence-corrected chi connectivity index (χ3v) is 28.3. The molecule has 0 aromatic heterocycles. The van der Waals surface area contributed by atoms with Crippen LogP contribution < -0.4 is 0 Å². The van der Waals surface area contributed by atoms with Crippen molar-refractivity contribution in [3.05, 3.63) is 41.6 Å². The fourth-order valence-corrected chi connectivity index (χ4v) is 38.2. The zero-order valence-corrected chi connectivity index (χ0v) is 16.6. The third kappa shape index (κ3) is 2.85. The van der Waals surface area contributed by atoms with Crippen molar-refractivity contribution in [3.8, 4) is 0 Å². The Morgan fingerprint density at radius 1 is 0.944 bits per heavy atom. The summed E-state index contributed by atoms with van der Waals surface area (Å²) < 4.78 is 0. The van der Waals surface area contributed by atoms with E-state index >= 15 is 0 Å². The summed E-state index contributed by atoms with van der Waals surface area (Å²) in [5.41, 5.74) is 2.80. The van der Waals surface area contributed by atoms with Crippen LogP contribution in [0.2, 0.25) is 4.79 Å². The molecule has 1 aromatic carbocycles. The van der Waals surface area contributed by atoms with Gasteiger partial charge >= 0.3 is 0 Å². The maximum Gasteiger partial charge on any atom is 0.283 e. The molecule has 0 spiro atoms. The monoisotopic (exact) mass is 410 g/mol. The Hall–Kier alpha value is 1.35. The summed E-state index contributed by atoms with van der Waals surface area (Å²) in [4.78, 5) is -0.296. The highest BCUT2D eigenvalue weighted by molar-refractivity contribution is 7.71. The summed E-state index contributed by atoms with van der Waals surface area (Å²) in [5, 5.41) is 0.854. The SMILES string of the molecule is Cl[SiH](Cl)C1[Si](Cl)(Cl)C=C(c2ccccc2)[Si]1(Cl)Cl. The van der Waals surface area contributed by atoms with Crippen LogP contribution >= 0.6 is 66.5 Å². The lowest BCUT2D eigenvalue weighted by molar-refractivity contribution is 1.64. The van der Waals surface area contributed by atoms with Gasteiger partial charge in [0.15, 0.2) is 0 Å². The van der Waals surface area contributed by atoms with Crippen molar-refractivity contribution in [1.29, 1.82) is 0 Å². The fraction of sp³-hybridized carbons (Fsp3) is 0.111. The van der Waals surface area contributed by atoms with Crippen molar-refractivity contribution in [2.45, 2.75) is 4.79 Å². The van der Waals surface area contributed by atoms with Crippen LogP contribution in [0.3, 0.4) is 0 Å². The lowest BCUT2D eigenvalue weighted by Gasteiger charge is -2.27. The van der Waals surface area contributed by atoms with Gasteiger partial charge in [-0.25, -0.2) is 0 Å².